The van der Waals surface area contributed by atoms with E-state index in [0.717, 1.165) is 29.0 Å². The molecule has 138 valence electrons. The predicted octanol–water partition coefficient (Wildman–Crippen LogP) is 3.09. The lowest BCUT2D eigenvalue weighted by molar-refractivity contribution is 0.365. The van der Waals surface area contributed by atoms with Crippen molar-refractivity contribution in [2.75, 3.05) is 11.4 Å². The zero-order chi connectivity index (χ0) is 18.5. The Morgan fingerprint density at radius 3 is 3.07 bits per heavy atom. The molecule has 5 rings (SSSR count). The minimum Gasteiger partial charge on any atom is -0.404 e. The van der Waals surface area contributed by atoms with Gasteiger partial charge in [0.2, 0.25) is 0 Å². The highest BCUT2D eigenvalue weighted by Crippen LogP contribution is 2.37. The molecule has 4 aromatic rings. The molecule has 4 aromatic heterocycles. The molecule has 0 spiro atoms. The second-order valence-electron chi connectivity index (χ2n) is 6.19. The van der Waals surface area contributed by atoms with Crippen LogP contribution in [0.5, 0.6) is 0 Å². The van der Waals surface area contributed by atoms with Gasteiger partial charge in [0.25, 0.3) is 5.89 Å². The minimum absolute atomic E-state index is 0.0837. The van der Waals surface area contributed by atoms with Crippen molar-refractivity contribution in [3.8, 4) is 0 Å². The summed E-state index contributed by atoms with van der Waals surface area (Å²) in [6, 6.07) is 5.43. The highest BCUT2D eigenvalue weighted by atomic mass is 35.5. The fraction of sp³-hybridized carbons (Fsp3) is 0.250. The average Bonchev–Trinajstić information content (AvgIpc) is 3.39. The molecule has 0 aromatic carbocycles. The van der Waals surface area contributed by atoms with Crippen LogP contribution in [0.3, 0.4) is 0 Å². The largest absolute Gasteiger partial charge is 0.404 e. The third-order valence-corrected chi connectivity index (χ3v) is 5.19. The number of H-pyrrole nitrogens is 1. The Morgan fingerprint density at radius 1 is 1.41 bits per heavy atom. The zero-order valence-corrected chi connectivity index (χ0v) is 15.8. The molecule has 5 heterocycles. The van der Waals surface area contributed by atoms with E-state index < -0.39 is 5.91 Å². The maximum Gasteiger partial charge on any atom is 0.319 e. The fourth-order valence-electron chi connectivity index (χ4n) is 3.37. The number of aromatic amines is 1. The van der Waals surface area contributed by atoms with Crippen molar-refractivity contribution in [3.63, 3.8) is 0 Å². The number of imidazole rings is 1. The number of hydrogen-bond donors (Lipinski definition) is 1. The summed E-state index contributed by atoms with van der Waals surface area (Å²) in [6.07, 6.45) is 4.21. The summed E-state index contributed by atoms with van der Waals surface area (Å²) in [7, 11) is 2.00. The molecule has 0 saturated carbocycles. The van der Waals surface area contributed by atoms with Crippen molar-refractivity contribution in [1.82, 2.24) is 29.8 Å². The van der Waals surface area contributed by atoms with Crippen molar-refractivity contribution in [1.29, 1.82) is 0 Å². The second-order valence-corrected chi connectivity index (χ2v) is 7.18. The zero-order valence-electron chi connectivity index (χ0n) is 13.9. The van der Waals surface area contributed by atoms with Crippen molar-refractivity contribution in [2.24, 2.45) is 0 Å². The number of aromatic nitrogens is 6. The number of nitrogens with one attached hydrogen (secondary N) is 1. The lowest BCUT2D eigenvalue weighted by Gasteiger charge is -2.32. The molecule has 0 fully saturated rings. The molecule has 27 heavy (non-hydrogen) atoms. The summed E-state index contributed by atoms with van der Waals surface area (Å²) in [5.41, 5.74) is 3.37. The molecule has 1 N–H and O–H groups in total. The monoisotopic (exact) mass is 405 g/mol. The maximum atomic E-state index is 13.5. The van der Waals surface area contributed by atoms with Gasteiger partial charge < -0.3 is 14.3 Å². The topological polar surface area (TPSA) is 88.1 Å². The summed E-state index contributed by atoms with van der Waals surface area (Å²) in [5, 5.41) is 13.1. The van der Waals surface area contributed by atoms with Crippen LogP contribution >= 0.6 is 20.8 Å². The second kappa shape index (κ2) is 6.28. The predicted molar refractivity (Wildman–Crippen MR) is 99.5 cm³/mol. The van der Waals surface area contributed by atoms with Gasteiger partial charge in [-0.1, -0.05) is 25.9 Å². The van der Waals surface area contributed by atoms with E-state index in [4.69, 9.17) is 16.0 Å². The van der Waals surface area contributed by atoms with Crippen molar-refractivity contribution in [3.05, 3.63) is 58.7 Å². The van der Waals surface area contributed by atoms with Gasteiger partial charge in [-0.05, 0) is 18.2 Å². The van der Waals surface area contributed by atoms with Crippen LogP contribution < -0.4 is 4.90 Å². The van der Waals surface area contributed by atoms with E-state index in [2.05, 4.69) is 25.3 Å². The van der Waals surface area contributed by atoms with Crippen molar-refractivity contribution >= 4 is 32.4 Å². The molecular formula is C16H14ClFN7OP. The van der Waals surface area contributed by atoms with E-state index in [0.29, 0.717) is 11.6 Å². The standard InChI is InChI=1S/C16H14ClFN7OP/c17-8-2-1-4-25-11(8)6-10(23-25)13-12-9(19-7-20-12)3-5-24(13)16-22-21-15(26-16)14(18)27/h1-2,4,6-7,13-14H,3,5,27H2,(H,19,20)/t13-,14?/m1/s1. The molecule has 11 heteroatoms. The van der Waals surface area contributed by atoms with Gasteiger partial charge >= 0.3 is 6.01 Å². The third-order valence-electron chi connectivity index (χ3n) is 4.59. The van der Waals surface area contributed by atoms with Gasteiger partial charge in [0.15, 0.2) is 5.91 Å². The summed E-state index contributed by atoms with van der Waals surface area (Å²) < 4.78 is 20.8. The van der Waals surface area contributed by atoms with Gasteiger partial charge in [-0.3, -0.25) is 0 Å². The van der Waals surface area contributed by atoms with E-state index >= 15 is 0 Å². The molecule has 2 unspecified atom stereocenters. The number of anilines is 1. The van der Waals surface area contributed by atoms with Gasteiger partial charge in [-0.25, -0.2) is 13.9 Å². The SMILES string of the molecule is FC(P)c1nnc(N2CCc3[nH]cnc3[C@H]2c2cc3c(Cl)cccn3n2)o1. The van der Waals surface area contributed by atoms with Gasteiger partial charge in [0, 0.05) is 24.9 Å². The van der Waals surface area contributed by atoms with E-state index in [1.165, 1.54) is 0 Å². The van der Waals surface area contributed by atoms with Crippen LogP contribution in [-0.2, 0) is 6.42 Å². The maximum absolute atomic E-state index is 13.5. The number of pyridine rings is 1. The first-order valence-corrected chi connectivity index (χ1v) is 9.32. The highest BCUT2D eigenvalue weighted by Gasteiger charge is 2.36. The smallest absolute Gasteiger partial charge is 0.319 e. The van der Waals surface area contributed by atoms with Crippen molar-refractivity contribution < 1.29 is 8.81 Å². The third kappa shape index (κ3) is 2.69. The summed E-state index contributed by atoms with van der Waals surface area (Å²) >= 11 is 6.30. The van der Waals surface area contributed by atoms with Gasteiger partial charge in [0.05, 0.1) is 28.3 Å². The Bertz CT molecular complexity index is 1120. The summed E-state index contributed by atoms with van der Waals surface area (Å²) in [5.74, 6) is -1.50. The number of hydrogen-bond acceptors (Lipinski definition) is 6. The van der Waals surface area contributed by atoms with Gasteiger partial charge in [0.1, 0.15) is 6.04 Å². The number of fused-ring (bicyclic) bond motifs is 2. The Hall–Kier alpha value is -2.51. The summed E-state index contributed by atoms with van der Waals surface area (Å²) in [4.78, 5) is 9.54. The molecule has 0 radical (unpaired) electrons. The Balaban J connectivity index is 1.65. The molecule has 1 aliphatic heterocycles. The van der Waals surface area contributed by atoms with Gasteiger partial charge in [-0.15, -0.1) is 5.10 Å². The van der Waals surface area contributed by atoms with E-state index in [9.17, 15) is 4.39 Å². The Kier molecular flexibility index (Phi) is 3.87. The number of halogens is 2. The first kappa shape index (κ1) is 16.6. The number of rotatable bonds is 3. The first-order chi connectivity index (χ1) is 13.1. The first-order valence-electron chi connectivity index (χ1n) is 8.27. The van der Waals surface area contributed by atoms with Crippen LogP contribution in [-0.4, -0.2) is 36.3 Å². The molecule has 0 bridgehead atoms. The van der Waals surface area contributed by atoms with Crippen LogP contribution in [0.15, 0.2) is 35.1 Å². The molecule has 0 amide bonds. The van der Waals surface area contributed by atoms with Crippen LogP contribution in [0.2, 0.25) is 5.02 Å². The quantitative estimate of drug-likeness (QED) is 0.527. The van der Waals surface area contributed by atoms with Gasteiger partial charge in [-0.2, -0.15) is 5.10 Å². The average molecular weight is 406 g/mol. The Labute approximate surface area is 159 Å². The molecule has 0 saturated heterocycles. The van der Waals surface area contributed by atoms with Crippen LogP contribution in [0.25, 0.3) is 5.52 Å². The molecule has 1 aliphatic rings. The van der Waals surface area contributed by atoms with Crippen LogP contribution in [0, 0.1) is 0 Å². The fourth-order valence-corrected chi connectivity index (χ4v) is 3.72. The molecule has 0 aliphatic carbocycles. The van der Waals surface area contributed by atoms with Crippen LogP contribution in [0.1, 0.15) is 34.9 Å². The highest BCUT2D eigenvalue weighted by molar-refractivity contribution is 7.16. The molecule has 3 atom stereocenters. The van der Waals surface area contributed by atoms with E-state index in [1.807, 2.05) is 38.5 Å². The van der Waals surface area contributed by atoms with E-state index in [1.54, 1.807) is 10.8 Å². The normalized spacial score (nSPS) is 18.0. The van der Waals surface area contributed by atoms with Crippen molar-refractivity contribution in [2.45, 2.75) is 18.4 Å². The number of alkyl halides is 1. The molecular weight excluding hydrogens is 392 g/mol. The van der Waals surface area contributed by atoms with E-state index in [-0.39, 0.29) is 17.9 Å². The molecule has 8 nitrogen and oxygen atoms in total. The minimum atomic E-state index is -1.41. The lowest BCUT2D eigenvalue weighted by Crippen LogP contribution is -2.36. The Morgan fingerprint density at radius 2 is 2.30 bits per heavy atom. The lowest BCUT2D eigenvalue weighted by atomic mass is 10.0. The van der Waals surface area contributed by atoms with Crippen LogP contribution in [0.4, 0.5) is 10.4 Å². The number of nitrogens with zero attached hydrogens (tertiary/aromatic N) is 6. The summed E-state index contributed by atoms with van der Waals surface area (Å²) in [6.45, 7) is 0.594.